The third-order valence-corrected chi connectivity index (χ3v) is 4.04. The second kappa shape index (κ2) is 5.19. The molecule has 3 nitrogen and oxygen atoms in total. The first-order chi connectivity index (χ1) is 8.15. The van der Waals surface area contributed by atoms with Crippen LogP contribution in [0.1, 0.15) is 17.5 Å². The van der Waals surface area contributed by atoms with Gasteiger partial charge in [-0.25, -0.2) is 0 Å². The molecule has 1 aromatic carbocycles. The number of benzene rings is 1. The Labute approximate surface area is 110 Å². The molecular weight excluding hydrogens is 282 g/mol. The van der Waals surface area contributed by atoms with Crippen molar-refractivity contribution in [3.05, 3.63) is 29.3 Å². The van der Waals surface area contributed by atoms with Crippen LogP contribution < -0.4 is 4.90 Å². The van der Waals surface area contributed by atoms with Crippen molar-refractivity contribution < 1.29 is 9.90 Å². The number of hydrogen-bond acceptors (Lipinski definition) is 2. The number of amides is 1. The van der Waals surface area contributed by atoms with E-state index >= 15 is 0 Å². The Morgan fingerprint density at radius 2 is 2.29 bits per heavy atom. The molecule has 0 saturated carbocycles. The van der Waals surface area contributed by atoms with Gasteiger partial charge in [0.1, 0.15) is 0 Å². The summed E-state index contributed by atoms with van der Waals surface area (Å²) in [7, 11) is 0. The number of anilines is 1. The van der Waals surface area contributed by atoms with E-state index in [1.165, 1.54) is 0 Å². The number of carbonyl (C=O) groups excluding carboxylic acids is 1. The van der Waals surface area contributed by atoms with E-state index < -0.39 is 0 Å². The first kappa shape index (κ1) is 12.6. The summed E-state index contributed by atoms with van der Waals surface area (Å²) in [6.45, 7) is 2.69. The molecule has 1 aliphatic rings. The van der Waals surface area contributed by atoms with Crippen LogP contribution in [0.15, 0.2) is 18.2 Å². The van der Waals surface area contributed by atoms with Gasteiger partial charge in [0.05, 0.1) is 6.61 Å². The van der Waals surface area contributed by atoms with E-state index in [1.807, 2.05) is 25.1 Å². The van der Waals surface area contributed by atoms with Crippen molar-refractivity contribution >= 4 is 27.5 Å². The van der Waals surface area contributed by atoms with Crippen LogP contribution in [0.5, 0.6) is 0 Å². The van der Waals surface area contributed by atoms with Gasteiger partial charge in [0.25, 0.3) is 0 Å². The number of aliphatic hydroxyl groups is 1. The highest BCUT2D eigenvalue weighted by Gasteiger charge is 2.30. The molecule has 0 radical (unpaired) electrons. The van der Waals surface area contributed by atoms with Crippen LogP contribution in [-0.4, -0.2) is 22.9 Å². The Morgan fingerprint density at radius 3 is 2.88 bits per heavy atom. The third-order valence-electron chi connectivity index (χ3n) is 3.12. The minimum absolute atomic E-state index is 0.0280. The van der Waals surface area contributed by atoms with Crippen LogP contribution in [0.2, 0.25) is 0 Å². The molecule has 1 unspecified atom stereocenters. The number of rotatable bonds is 3. The maximum Gasteiger partial charge on any atom is 0.227 e. The molecule has 0 aliphatic carbocycles. The number of alkyl halides is 1. The molecule has 1 saturated heterocycles. The largest absolute Gasteiger partial charge is 0.392 e. The lowest BCUT2D eigenvalue weighted by Gasteiger charge is -2.20. The summed E-state index contributed by atoms with van der Waals surface area (Å²) in [5, 5.41) is 10.2. The van der Waals surface area contributed by atoms with E-state index in [4.69, 9.17) is 0 Å². The third kappa shape index (κ3) is 2.53. The van der Waals surface area contributed by atoms with Gasteiger partial charge in [-0.05, 0) is 18.9 Å². The zero-order valence-electron chi connectivity index (χ0n) is 9.82. The van der Waals surface area contributed by atoms with Gasteiger partial charge in [-0.15, -0.1) is 0 Å². The van der Waals surface area contributed by atoms with E-state index in [0.29, 0.717) is 12.3 Å². The van der Waals surface area contributed by atoms with E-state index in [1.54, 1.807) is 4.90 Å². The van der Waals surface area contributed by atoms with Crippen LogP contribution in [0.4, 0.5) is 5.69 Å². The predicted octanol–water partition coefficient (Wildman–Crippen LogP) is 2.24. The molecule has 1 heterocycles. The summed E-state index contributed by atoms with van der Waals surface area (Å²) in [4.78, 5) is 13.7. The molecule has 92 valence electrons. The van der Waals surface area contributed by atoms with Crippen molar-refractivity contribution in [2.75, 3.05) is 16.8 Å². The number of halogens is 1. The summed E-state index contributed by atoms with van der Waals surface area (Å²) in [6.07, 6.45) is 0.587. The molecular formula is C13H16BrNO2. The van der Waals surface area contributed by atoms with Crippen LogP contribution in [0.3, 0.4) is 0 Å². The van der Waals surface area contributed by atoms with E-state index in [9.17, 15) is 9.90 Å². The second-order valence-electron chi connectivity index (χ2n) is 4.52. The SMILES string of the molecule is Cc1ccc(N2CC(CBr)CC2=O)c(CO)c1. The zero-order valence-corrected chi connectivity index (χ0v) is 11.4. The fourth-order valence-electron chi connectivity index (χ4n) is 2.22. The summed E-state index contributed by atoms with van der Waals surface area (Å²) >= 11 is 3.42. The normalized spacial score (nSPS) is 20.1. The van der Waals surface area contributed by atoms with Crippen LogP contribution >= 0.6 is 15.9 Å². The van der Waals surface area contributed by atoms with Crippen molar-refractivity contribution in [3.8, 4) is 0 Å². The lowest BCUT2D eigenvalue weighted by Crippen LogP contribution is -2.25. The summed E-state index contributed by atoms with van der Waals surface area (Å²) in [5.74, 6) is 0.517. The number of aryl methyl sites for hydroxylation is 1. The molecule has 0 aromatic heterocycles. The first-order valence-electron chi connectivity index (χ1n) is 5.72. The maximum absolute atomic E-state index is 11.9. The summed E-state index contributed by atoms with van der Waals surface area (Å²) in [6, 6.07) is 5.84. The molecule has 1 aliphatic heterocycles. The monoisotopic (exact) mass is 297 g/mol. The topological polar surface area (TPSA) is 40.5 Å². The van der Waals surface area contributed by atoms with Gasteiger partial charge in [0.15, 0.2) is 0 Å². The molecule has 1 N–H and O–H groups in total. The van der Waals surface area contributed by atoms with Crippen molar-refractivity contribution in [2.24, 2.45) is 5.92 Å². The second-order valence-corrected chi connectivity index (χ2v) is 5.17. The number of aliphatic hydroxyl groups excluding tert-OH is 1. The summed E-state index contributed by atoms with van der Waals surface area (Å²) < 4.78 is 0. The zero-order chi connectivity index (χ0) is 12.4. The van der Waals surface area contributed by atoms with Crippen molar-refractivity contribution in [3.63, 3.8) is 0 Å². The van der Waals surface area contributed by atoms with E-state index in [-0.39, 0.29) is 12.5 Å². The van der Waals surface area contributed by atoms with Crippen molar-refractivity contribution in [2.45, 2.75) is 20.0 Å². The molecule has 1 fully saturated rings. The van der Waals surface area contributed by atoms with Gasteiger partial charge in [-0.2, -0.15) is 0 Å². The first-order valence-corrected chi connectivity index (χ1v) is 6.84. The highest BCUT2D eigenvalue weighted by atomic mass is 79.9. The quantitative estimate of drug-likeness (QED) is 0.869. The average molecular weight is 298 g/mol. The summed E-state index contributed by atoms with van der Waals surface area (Å²) in [5.41, 5.74) is 2.78. The number of hydrogen-bond donors (Lipinski definition) is 1. The van der Waals surface area contributed by atoms with E-state index in [2.05, 4.69) is 15.9 Å². The Hall–Kier alpha value is -0.870. The molecule has 1 atom stereocenters. The minimum Gasteiger partial charge on any atom is -0.392 e. The van der Waals surface area contributed by atoms with E-state index in [0.717, 1.165) is 28.7 Å². The van der Waals surface area contributed by atoms with Gasteiger partial charge < -0.3 is 10.0 Å². The fraction of sp³-hybridized carbons (Fsp3) is 0.462. The average Bonchev–Trinajstić information content (AvgIpc) is 2.70. The van der Waals surface area contributed by atoms with Crippen molar-refractivity contribution in [1.82, 2.24) is 0 Å². The number of nitrogens with zero attached hydrogens (tertiary/aromatic N) is 1. The Bertz CT molecular complexity index is 433. The molecule has 1 aromatic rings. The lowest BCUT2D eigenvalue weighted by atomic mass is 10.1. The standard InChI is InChI=1S/C13H16BrNO2/c1-9-2-3-12(11(4-9)8-16)15-7-10(6-14)5-13(15)17/h2-4,10,16H,5-8H2,1H3. The minimum atomic E-state index is -0.0280. The highest BCUT2D eigenvalue weighted by Crippen LogP contribution is 2.29. The Balaban J connectivity index is 2.31. The molecule has 4 heteroatoms. The molecule has 17 heavy (non-hydrogen) atoms. The molecule has 0 spiro atoms. The van der Waals surface area contributed by atoms with Gasteiger partial charge >= 0.3 is 0 Å². The highest BCUT2D eigenvalue weighted by molar-refractivity contribution is 9.09. The van der Waals surface area contributed by atoms with Crippen molar-refractivity contribution in [1.29, 1.82) is 0 Å². The Morgan fingerprint density at radius 1 is 1.53 bits per heavy atom. The van der Waals surface area contributed by atoms with Gasteiger partial charge in [0.2, 0.25) is 5.91 Å². The van der Waals surface area contributed by atoms with Crippen LogP contribution in [-0.2, 0) is 11.4 Å². The lowest BCUT2D eigenvalue weighted by molar-refractivity contribution is -0.117. The fourth-order valence-corrected chi connectivity index (χ4v) is 2.66. The van der Waals surface area contributed by atoms with Gasteiger partial charge in [-0.1, -0.05) is 33.6 Å². The van der Waals surface area contributed by atoms with Gasteiger partial charge in [0, 0.05) is 29.5 Å². The predicted molar refractivity (Wildman–Crippen MR) is 71.4 cm³/mol. The Kier molecular flexibility index (Phi) is 3.84. The molecule has 1 amide bonds. The van der Waals surface area contributed by atoms with Crippen LogP contribution in [0.25, 0.3) is 0 Å². The maximum atomic E-state index is 11.9. The molecule has 0 bridgehead atoms. The van der Waals surface area contributed by atoms with Gasteiger partial charge in [-0.3, -0.25) is 4.79 Å². The van der Waals surface area contributed by atoms with Crippen LogP contribution in [0, 0.1) is 12.8 Å². The number of carbonyl (C=O) groups is 1. The smallest absolute Gasteiger partial charge is 0.227 e. The molecule has 2 rings (SSSR count).